The number of amides is 1. The summed E-state index contributed by atoms with van der Waals surface area (Å²) in [6, 6.07) is 16.0. The van der Waals surface area contributed by atoms with Gasteiger partial charge in [-0.2, -0.15) is 0 Å². The highest BCUT2D eigenvalue weighted by molar-refractivity contribution is 9.10. The zero-order valence-electron chi connectivity index (χ0n) is 19.7. The molecule has 0 atom stereocenters. The summed E-state index contributed by atoms with van der Waals surface area (Å²) in [5.41, 5.74) is 2.37. The lowest BCUT2D eigenvalue weighted by molar-refractivity contribution is -0.116. The van der Waals surface area contributed by atoms with Gasteiger partial charge in [0.1, 0.15) is 12.4 Å². The summed E-state index contributed by atoms with van der Waals surface area (Å²) < 4.78 is 18.5. The zero-order valence-corrected chi connectivity index (χ0v) is 21.3. The van der Waals surface area contributed by atoms with E-state index >= 15 is 0 Å². The molecule has 0 fully saturated rings. The third-order valence-corrected chi connectivity index (χ3v) is 6.14. The summed E-state index contributed by atoms with van der Waals surface area (Å²) in [6.45, 7) is 1.71. The molecular formula is C26H24BrN3O5. The van der Waals surface area contributed by atoms with E-state index < -0.39 is 0 Å². The van der Waals surface area contributed by atoms with Gasteiger partial charge in [0.2, 0.25) is 11.7 Å². The Morgan fingerprint density at radius 3 is 2.31 bits per heavy atom. The van der Waals surface area contributed by atoms with Gasteiger partial charge >= 0.3 is 0 Å². The van der Waals surface area contributed by atoms with Crippen molar-refractivity contribution in [2.45, 2.75) is 13.5 Å². The van der Waals surface area contributed by atoms with E-state index in [1.165, 1.54) is 25.9 Å². The molecule has 0 spiro atoms. The van der Waals surface area contributed by atoms with Crippen molar-refractivity contribution in [3.05, 3.63) is 75.0 Å². The summed E-state index contributed by atoms with van der Waals surface area (Å²) in [4.78, 5) is 31.3. The molecule has 1 heterocycles. The predicted molar refractivity (Wildman–Crippen MR) is 139 cm³/mol. The standard InChI is InChI=1S/C26H24BrN3O5/c1-15-9-10-20(18(27)11-15)28-23(31)14-30-25(29-19-8-6-5-7-17(19)26(30)32)16-12-21(33-2)24(35-4)22(13-16)34-3/h5-13H,14H2,1-4H3,(H,28,31). The molecule has 35 heavy (non-hydrogen) atoms. The number of benzene rings is 3. The first-order chi connectivity index (χ1) is 16.9. The molecule has 0 aliphatic carbocycles. The van der Waals surface area contributed by atoms with E-state index in [1.54, 1.807) is 42.5 Å². The van der Waals surface area contributed by atoms with E-state index in [1.807, 2.05) is 19.1 Å². The van der Waals surface area contributed by atoms with Crippen LogP contribution in [0.1, 0.15) is 5.56 Å². The van der Waals surface area contributed by atoms with Gasteiger partial charge in [-0.15, -0.1) is 0 Å². The lowest BCUT2D eigenvalue weighted by Gasteiger charge is -2.17. The number of rotatable bonds is 7. The van der Waals surface area contributed by atoms with Crippen LogP contribution in [0.4, 0.5) is 5.69 Å². The Morgan fingerprint density at radius 2 is 1.69 bits per heavy atom. The Morgan fingerprint density at radius 1 is 1.00 bits per heavy atom. The second-order valence-corrected chi connectivity index (χ2v) is 8.64. The molecule has 0 aliphatic rings. The summed E-state index contributed by atoms with van der Waals surface area (Å²) in [5.74, 6) is 1.15. The van der Waals surface area contributed by atoms with Crippen LogP contribution in [0.3, 0.4) is 0 Å². The maximum absolute atomic E-state index is 13.5. The van der Waals surface area contributed by atoms with Gasteiger partial charge in [-0.1, -0.05) is 18.2 Å². The lowest BCUT2D eigenvalue weighted by Crippen LogP contribution is -2.30. The maximum Gasteiger partial charge on any atom is 0.262 e. The SMILES string of the molecule is COc1cc(-c2nc3ccccc3c(=O)n2CC(=O)Nc2ccc(C)cc2Br)cc(OC)c1OC. The fourth-order valence-corrected chi connectivity index (χ4v) is 4.39. The Balaban J connectivity index is 1.85. The van der Waals surface area contributed by atoms with Gasteiger partial charge in [-0.05, 0) is 64.8 Å². The van der Waals surface area contributed by atoms with Crippen molar-refractivity contribution in [2.24, 2.45) is 0 Å². The molecule has 180 valence electrons. The number of methoxy groups -OCH3 is 3. The van der Waals surface area contributed by atoms with E-state index in [2.05, 4.69) is 21.2 Å². The number of aryl methyl sites for hydroxylation is 1. The van der Waals surface area contributed by atoms with Gasteiger partial charge in [0.25, 0.3) is 5.56 Å². The van der Waals surface area contributed by atoms with Crippen LogP contribution in [-0.2, 0) is 11.3 Å². The minimum Gasteiger partial charge on any atom is -0.493 e. The molecule has 0 unspecified atom stereocenters. The van der Waals surface area contributed by atoms with E-state index in [0.29, 0.717) is 45.2 Å². The number of nitrogens with zero attached hydrogens (tertiary/aromatic N) is 2. The van der Waals surface area contributed by atoms with Gasteiger partial charge in [-0.3, -0.25) is 14.2 Å². The second kappa shape index (κ2) is 10.2. The summed E-state index contributed by atoms with van der Waals surface area (Å²) in [7, 11) is 4.53. The number of carbonyl (C=O) groups excluding carboxylic acids is 1. The number of hydrogen-bond donors (Lipinski definition) is 1. The molecule has 9 heteroatoms. The van der Waals surface area contributed by atoms with Crippen molar-refractivity contribution in [3.8, 4) is 28.6 Å². The fourth-order valence-electron chi connectivity index (χ4n) is 3.80. The molecule has 8 nitrogen and oxygen atoms in total. The summed E-state index contributed by atoms with van der Waals surface area (Å²) in [5, 5.41) is 3.27. The first-order valence-corrected chi connectivity index (χ1v) is 11.5. The minimum absolute atomic E-state index is 0.247. The Labute approximate surface area is 210 Å². The third-order valence-electron chi connectivity index (χ3n) is 5.48. The topological polar surface area (TPSA) is 91.7 Å². The smallest absolute Gasteiger partial charge is 0.262 e. The van der Waals surface area contributed by atoms with Crippen LogP contribution in [0.25, 0.3) is 22.3 Å². The van der Waals surface area contributed by atoms with Crippen LogP contribution >= 0.6 is 15.9 Å². The van der Waals surface area contributed by atoms with Crippen LogP contribution in [0.5, 0.6) is 17.2 Å². The Bertz CT molecular complexity index is 1460. The van der Waals surface area contributed by atoms with Crippen LogP contribution in [0, 0.1) is 6.92 Å². The quantitative estimate of drug-likeness (QED) is 0.364. The molecule has 4 rings (SSSR count). The van der Waals surface area contributed by atoms with Crippen LogP contribution in [-0.4, -0.2) is 36.8 Å². The highest BCUT2D eigenvalue weighted by atomic mass is 79.9. The van der Waals surface area contributed by atoms with Gasteiger partial charge in [0.15, 0.2) is 11.5 Å². The fraction of sp³-hybridized carbons (Fsp3) is 0.192. The van der Waals surface area contributed by atoms with Crippen LogP contribution in [0.2, 0.25) is 0 Å². The van der Waals surface area contributed by atoms with Gasteiger partial charge in [0.05, 0.1) is 37.9 Å². The third kappa shape index (κ3) is 4.85. The van der Waals surface area contributed by atoms with Gasteiger partial charge < -0.3 is 19.5 Å². The van der Waals surface area contributed by atoms with Crippen LogP contribution in [0.15, 0.2) is 63.9 Å². The molecule has 0 bridgehead atoms. The molecule has 0 saturated carbocycles. The molecule has 1 aromatic heterocycles. The number of aromatic nitrogens is 2. The number of carbonyl (C=O) groups is 1. The van der Waals surface area contributed by atoms with Crippen molar-refractivity contribution in [1.82, 2.24) is 9.55 Å². The zero-order chi connectivity index (χ0) is 25.1. The van der Waals surface area contributed by atoms with Crippen molar-refractivity contribution in [1.29, 1.82) is 0 Å². The Hall–Kier alpha value is -3.85. The van der Waals surface area contributed by atoms with E-state index in [9.17, 15) is 9.59 Å². The van der Waals surface area contributed by atoms with E-state index in [0.717, 1.165) is 10.0 Å². The molecule has 3 aromatic carbocycles. The number of halogens is 1. The number of para-hydroxylation sites is 1. The Kier molecular flexibility index (Phi) is 7.07. The highest BCUT2D eigenvalue weighted by Crippen LogP contribution is 2.40. The normalized spacial score (nSPS) is 10.8. The maximum atomic E-state index is 13.5. The molecule has 0 aliphatic heterocycles. The first-order valence-electron chi connectivity index (χ1n) is 10.7. The van der Waals surface area contributed by atoms with E-state index in [4.69, 9.17) is 19.2 Å². The largest absolute Gasteiger partial charge is 0.493 e. The second-order valence-electron chi connectivity index (χ2n) is 7.79. The number of hydrogen-bond acceptors (Lipinski definition) is 6. The minimum atomic E-state index is -0.373. The van der Waals surface area contributed by atoms with Crippen LogP contribution < -0.4 is 25.1 Å². The highest BCUT2D eigenvalue weighted by Gasteiger charge is 2.20. The van der Waals surface area contributed by atoms with Gasteiger partial charge in [0, 0.05) is 10.0 Å². The number of anilines is 1. The monoisotopic (exact) mass is 537 g/mol. The molecule has 0 saturated heterocycles. The number of ether oxygens (including phenoxy) is 3. The molecular weight excluding hydrogens is 514 g/mol. The molecule has 4 aromatic rings. The number of fused-ring (bicyclic) bond motifs is 1. The molecule has 1 amide bonds. The average molecular weight is 538 g/mol. The van der Waals surface area contributed by atoms with Crippen molar-refractivity contribution < 1.29 is 19.0 Å². The average Bonchev–Trinajstić information content (AvgIpc) is 2.86. The van der Waals surface area contributed by atoms with Crippen molar-refractivity contribution >= 4 is 38.4 Å². The molecule has 1 N–H and O–H groups in total. The lowest BCUT2D eigenvalue weighted by atomic mass is 10.1. The predicted octanol–water partition coefficient (Wildman–Crippen LogP) is 4.80. The first kappa shape index (κ1) is 24.3. The molecule has 0 radical (unpaired) electrons. The summed E-state index contributed by atoms with van der Waals surface area (Å²) >= 11 is 3.47. The van der Waals surface area contributed by atoms with Crippen molar-refractivity contribution in [3.63, 3.8) is 0 Å². The van der Waals surface area contributed by atoms with E-state index in [-0.39, 0.29) is 18.0 Å². The van der Waals surface area contributed by atoms with Gasteiger partial charge in [-0.25, -0.2) is 4.98 Å². The van der Waals surface area contributed by atoms with Crippen molar-refractivity contribution in [2.75, 3.05) is 26.6 Å². The summed E-state index contributed by atoms with van der Waals surface area (Å²) in [6.07, 6.45) is 0. The number of nitrogens with one attached hydrogen (secondary N) is 1.